The van der Waals surface area contributed by atoms with Crippen LogP contribution in [0.4, 0.5) is 11.4 Å². The Hall–Kier alpha value is -5.03. The van der Waals surface area contributed by atoms with Crippen molar-refractivity contribution in [3.05, 3.63) is 61.2 Å². The number of unbranched alkanes of at least 4 members (excludes halogenated alkanes) is 2. The Morgan fingerprint density at radius 2 is 1.33 bits per heavy atom. The highest BCUT2D eigenvalue weighted by Gasteiger charge is 2.42. The van der Waals surface area contributed by atoms with Crippen molar-refractivity contribution in [2.24, 2.45) is 0 Å². The number of nitrogens with zero attached hydrogens (tertiary/aromatic N) is 4. The van der Waals surface area contributed by atoms with E-state index < -0.39 is 57.3 Å². The van der Waals surface area contributed by atoms with E-state index in [9.17, 15) is 44.8 Å². The second kappa shape index (κ2) is 15.9. The summed E-state index contributed by atoms with van der Waals surface area (Å²) in [5, 5.41) is 43.7. The summed E-state index contributed by atoms with van der Waals surface area (Å²) in [6.07, 6.45) is 0.294. The molecule has 4 atom stereocenters. The highest BCUT2D eigenvalue weighted by molar-refractivity contribution is 6.01. The maximum Gasteiger partial charge on any atom is 0.328 e. The minimum atomic E-state index is -1.06. The lowest BCUT2D eigenvalue weighted by Crippen LogP contribution is -2.41. The fraction of sp³-hybridized carbons (Fsp3) is 0.531. The van der Waals surface area contributed by atoms with E-state index in [1.807, 2.05) is 0 Å². The zero-order valence-corrected chi connectivity index (χ0v) is 27.7. The number of hydrogen-bond acceptors (Lipinski definition) is 13. The predicted octanol–water partition coefficient (Wildman–Crippen LogP) is 2.79. The maximum absolute atomic E-state index is 13.3. The monoisotopic (exact) mass is 688 g/mol. The van der Waals surface area contributed by atoms with Gasteiger partial charge in [-0.25, -0.2) is 4.79 Å². The summed E-state index contributed by atoms with van der Waals surface area (Å²) in [5.74, 6) is -1.65. The number of β-amino-alcohol motifs (C(OH)–C–C–N with tert-alkyl or cyclic N) is 2. The van der Waals surface area contributed by atoms with Gasteiger partial charge in [-0.1, -0.05) is 0 Å². The first-order chi connectivity index (χ1) is 23.3. The normalized spacial score (nSPS) is 20.2. The summed E-state index contributed by atoms with van der Waals surface area (Å²) >= 11 is 0. The molecule has 0 aliphatic carbocycles. The SMILES string of the molecule is COC(=O)C1CC(O)CN1C(=O)c1cc(C)c(OCCCCCOc2cc([N+](=O)[O-])c(C(=O)N3CC(O)CC3C)cc2OC)cc1[N+](=O)[O-]. The number of carbonyl (C=O) groups excluding carboxylic acids is 3. The number of benzene rings is 2. The molecule has 2 aromatic carbocycles. The van der Waals surface area contributed by atoms with E-state index in [0.717, 1.165) is 24.1 Å². The quantitative estimate of drug-likeness (QED) is 0.126. The number of nitro benzene ring substituents is 2. The van der Waals surface area contributed by atoms with Gasteiger partial charge in [0.25, 0.3) is 23.2 Å². The number of amides is 2. The fourth-order valence-corrected chi connectivity index (χ4v) is 6.04. The molecule has 17 heteroatoms. The van der Waals surface area contributed by atoms with Gasteiger partial charge in [0.2, 0.25) is 0 Å². The molecule has 0 bridgehead atoms. The number of aliphatic hydroxyl groups excluding tert-OH is 2. The molecule has 2 aromatic rings. The Morgan fingerprint density at radius 3 is 1.88 bits per heavy atom. The largest absolute Gasteiger partial charge is 0.493 e. The molecule has 2 saturated heterocycles. The Balaban J connectivity index is 1.34. The number of nitro groups is 2. The second-order valence-electron chi connectivity index (χ2n) is 12.0. The average molecular weight is 689 g/mol. The minimum Gasteiger partial charge on any atom is -0.493 e. The van der Waals surface area contributed by atoms with Gasteiger partial charge in [-0.3, -0.25) is 29.8 Å². The fourth-order valence-electron chi connectivity index (χ4n) is 6.04. The number of aliphatic hydroxyl groups is 2. The first-order valence-corrected chi connectivity index (χ1v) is 15.7. The van der Waals surface area contributed by atoms with Crippen LogP contribution >= 0.6 is 0 Å². The number of carbonyl (C=O) groups is 3. The molecule has 49 heavy (non-hydrogen) atoms. The van der Waals surface area contributed by atoms with Gasteiger partial charge in [-0.05, 0) is 51.2 Å². The summed E-state index contributed by atoms with van der Waals surface area (Å²) in [6, 6.07) is 3.56. The van der Waals surface area contributed by atoms with Gasteiger partial charge in [0, 0.05) is 31.6 Å². The molecule has 2 fully saturated rings. The van der Waals surface area contributed by atoms with Crippen LogP contribution in [-0.2, 0) is 9.53 Å². The molecule has 2 amide bonds. The van der Waals surface area contributed by atoms with Crippen LogP contribution < -0.4 is 14.2 Å². The Morgan fingerprint density at radius 1 is 0.796 bits per heavy atom. The molecular formula is C32H40N4O13. The number of hydrogen-bond donors (Lipinski definition) is 2. The van der Waals surface area contributed by atoms with E-state index in [1.54, 1.807) is 13.8 Å². The van der Waals surface area contributed by atoms with Gasteiger partial charge in [0.15, 0.2) is 11.5 Å². The lowest BCUT2D eigenvalue weighted by Gasteiger charge is -2.22. The van der Waals surface area contributed by atoms with Crippen molar-refractivity contribution in [2.75, 3.05) is 40.5 Å². The van der Waals surface area contributed by atoms with Crippen LogP contribution in [0.2, 0.25) is 0 Å². The summed E-state index contributed by atoms with van der Waals surface area (Å²) in [6.45, 7) is 3.64. The highest BCUT2D eigenvalue weighted by Crippen LogP contribution is 2.37. The lowest BCUT2D eigenvalue weighted by molar-refractivity contribution is -0.385. The summed E-state index contributed by atoms with van der Waals surface area (Å²) in [7, 11) is 2.51. The molecule has 4 rings (SSSR count). The smallest absolute Gasteiger partial charge is 0.328 e. The molecular weight excluding hydrogens is 648 g/mol. The van der Waals surface area contributed by atoms with E-state index in [2.05, 4.69) is 0 Å². The van der Waals surface area contributed by atoms with Crippen molar-refractivity contribution in [3.63, 3.8) is 0 Å². The van der Waals surface area contributed by atoms with Crippen molar-refractivity contribution in [1.29, 1.82) is 0 Å². The van der Waals surface area contributed by atoms with E-state index in [4.69, 9.17) is 18.9 Å². The van der Waals surface area contributed by atoms with E-state index in [0.29, 0.717) is 31.2 Å². The number of ether oxygens (including phenoxy) is 4. The van der Waals surface area contributed by atoms with Crippen LogP contribution in [0.5, 0.6) is 17.2 Å². The van der Waals surface area contributed by atoms with Gasteiger partial charge < -0.3 is 39.0 Å². The average Bonchev–Trinajstić information content (AvgIpc) is 3.63. The van der Waals surface area contributed by atoms with Crippen molar-refractivity contribution >= 4 is 29.2 Å². The minimum absolute atomic E-state index is 0.0388. The molecule has 0 aromatic heterocycles. The van der Waals surface area contributed by atoms with Crippen LogP contribution in [0.25, 0.3) is 0 Å². The molecule has 4 unspecified atom stereocenters. The van der Waals surface area contributed by atoms with Gasteiger partial charge in [-0.15, -0.1) is 0 Å². The van der Waals surface area contributed by atoms with E-state index in [-0.39, 0.29) is 67.1 Å². The van der Waals surface area contributed by atoms with Crippen LogP contribution in [0.15, 0.2) is 24.3 Å². The summed E-state index contributed by atoms with van der Waals surface area (Å²) in [5.41, 5.74) is -0.904. The third-order valence-corrected chi connectivity index (χ3v) is 8.56. The van der Waals surface area contributed by atoms with Crippen LogP contribution in [-0.4, -0.2) is 112 Å². The molecule has 0 radical (unpaired) electrons. The van der Waals surface area contributed by atoms with Crippen molar-refractivity contribution in [1.82, 2.24) is 9.80 Å². The molecule has 2 N–H and O–H groups in total. The maximum atomic E-state index is 13.3. The van der Waals surface area contributed by atoms with Gasteiger partial charge >= 0.3 is 5.97 Å². The van der Waals surface area contributed by atoms with Crippen LogP contribution in [0, 0.1) is 27.2 Å². The molecule has 2 aliphatic heterocycles. The molecule has 0 spiro atoms. The topological polar surface area (TPSA) is 221 Å². The zero-order chi connectivity index (χ0) is 36.0. The van der Waals surface area contributed by atoms with Crippen LogP contribution in [0.3, 0.4) is 0 Å². The standard InChI is InChI=1S/C32H40N4O13/c1-18-10-22(31(40)34-17-21(38)12-26(34)32(41)47-4)24(35(42)43)14-27(18)48-8-6-5-7-9-49-29-15-25(36(44)45)23(13-28(29)46-3)30(39)33-16-20(37)11-19(33)2/h10,13-15,19-21,26,37-38H,5-9,11-12,16-17H2,1-4H3. The highest BCUT2D eigenvalue weighted by atomic mass is 16.6. The number of likely N-dealkylation sites (tertiary alicyclic amines) is 2. The Labute approximate surface area is 281 Å². The zero-order valence-electron chi connectivity index (χ0n) is 27.7. The Kier molecular flexibility index (Phi) is 12.0. The third-order valence-electron chi connectivity index (χ3n) is 8.56. The molecule has 2 aliphatic rings. The van der Waals surface area contributed by atoms with Gasteiger partial charge in [-0.2, -0.15) is 0 Å². The summed E-state index contributed by atoms with van der Waals surface area (Å²) in [4.78, 5) is 63.4. The first-order valence-electron chi connectivity index (χ1n) is 15.7. The lowest BCUT2D eigenvalue weighted by atomic mass is 10.1. The second-order valence-corrected chi connectivity index (χ2v) is 12.0. The first kappa shape index (κ1) is 36.8. The molecule has 0 saturated carbocycles. The van der Waals surface area contributed by atoms with Crippen molar-refractivity contribution < 1.29 is 53.4 Å². The van der Waals surface area contributed by atoms with Crippen molar-refractivity contribution in [2.45, 2.75) is 70.2 Å². The third kappa shape index (κ3) is 8.34. The predicted molar refractivity (Wildman–Crippen MR) is 171 cm³/mol. The number of aryl methyl sites for hydroxylation is 1. The molecule has 266 valence electrons. The van der Waals surface area contributed by atoms with Gasteiger partial charge in [0.05, 0.1) is 61.6 Å². The van der Waals surface area contributed by atoms with E-state index in [1.165, 1.54) is 24.1 Å². The molecule has 2 heterocycles. The van der Waals surface area contributed by atoms with Gasteiger partial charge in [0.1, 0.15) is 22.9 Å². The number of esters is 1. The van der Waals surface area contributed by atoms with Crippen LogP contribution in [0.1, 0.15) is 65.3 Å². The number of methoxy groups -OCH3 is 2. The van der Waals surface area contributed by atoms with E-state index >= 15 is 0 Å². The Bertz CT molecular complexity index is 1600. The van der Waals surface area contributed by atoms with Crippen molar-refractivity contribution in [3.8, 4) is 17.2 Å². The summed E-state index contributed by atoms with van der Waals surface area (Å²) < 4.78 is 21.6. The molecule has 17 nitrogen and oxygen atoms in total. The number of rotatable bonds is 14.